The van der Waals surface area contributed by atoms with Crippen LogP contribution in [0.2, 0.25) is 0 Å². The highest BCUT2D eigenvalue weighted by Crippen LogP contribution is 2.05. The van der Waals surface area contributed by atoms with Crippen molar-refractivity contribution in [1.29, 1.82) is 0 Å². The molecule has 3 heteroatoms. The van der Waals surface area contributed by atoms with Crippen LogP contribution in [0.4, 0.5) is 0 Å². The smallest absolute Gasteiger partial charge is 0.0192 e. The second kappa shape index (κ2) is 8.08. The van der Waals surface area contributed by atoms with Gasteiger partial charge in [-0.2, -0.15) is 0 Å². The van der Waals surface area contributed by atoms with Crippen molar-refractivity contribution in [1.82, 2.24) is 15.5 Å². The first kappa shape index (κ1) is 12.9. The maximum atomic E-state index is 3.56. The van der Waals surface area contributed by atoms with Crippen molar-refractivity contribution in [3.63, 3.8) is 0 Å². The lowest BCUT2D eigenvalue weighted by atomic mass is 10.1. The molecule has 1 aliphatic heterocycles. The van der Waals surface area contributed by atoms with Gasteiger partial charge >= 0.3 is 0 Å². The fraction of sp³-hybridized carbons (Fsp3) is 1.00. The molecule has 1 atom stereocenters. The standard InChI is InChI=1S/C12H27N3/c1-15(2)10-6-5-8-13-11-12-7-3-4-9-14-12/h12-14H,3-11H2,1-2H3. The maximum absolute atomic E-state index is 3.56. The van der Waals surface area contributed by atoms with E-state index < -0.39 is 0 Å². The largest absolute Gasteiger partial charge is 0.315 e. The molecule has 1 unspecified atom stereocenters. The van der Waals surface area contributed by atoms with Gasteiger partial charge in [0.1, 0.15) is 0 Å². The second-order valence-electron chi connectivity index (χ2n) is 4.86. The zero-order valence-corrected chi connectivity index (χ0v) is 10.4. The molecule has 0 radical (unpaired) electrons. The third kappa shape index (κ3) is 6.88. The topological polar surface area (TPSA) is 27.3 Å². The van der Waals surface area contributed by atoms with Crippen LogP contribution < -0.4 is 10.6 Å². The summed E-state index contributed by atoms with van der Waals surface area (Å²) in [4.78, 5) is 2.25. The average molecular weight is 213 g/mol. The molecule has 0 aromatic heterocycles. The molecule has 1 fully saturated rings. The van der Waals surface area contributed by atoms with Gasteiger partial charge in [0.2, 0.25) is 0 Å². The lowest BCUT2D eigenvalue weighted by molar-refractivity contribution is 0.371. The molecular formula is C12H27N3. The third-order valence-corrected chi connectivity index (χ3v) is 3.01. The lowest BCUT2D eigenvalue weighted by Crippen LogP contribution is -2.41. The van der Waals surface area contributed by atoms with Crippen molar-refractivity contribution in [2.45, 2.75) is 38.1 Å². The summed E-state index contributed by atoms with van der Waals surface area (Å²) >= 11 is 0. The van der Waals surface area contributed by atoms with E-state index in [1.54, 1.807) is 0 Å². The van der Waals surface area contributed by atoms with Gasteiger partial charge in [-0.3, -0.25) is 0 Å². The Hall–Kier alpha value is -0.120. The Morgan fingerprint density at radius 2 is 2.13 bits per heavy atom. The molecule has 90 valence electrons. The summed E-state index contributed by atoms with van der Waals surface area (Å²) in [5.74, 6) is 0. The molecule has 0 amide bonds. The van der Waals surface area contributed by atoms with Crippen LogP contribution in [0.3, 0.4) is 0 Å². The van der Waals surface area contributed by atoms with E-state index in [1.165, 1.54) is 51.7 Å². The van der Waals surface area contributed by atoms with E-state index in [-0.39, 0.29) is 0 Å². The van der Waals surface area contributed by atoms with E-state index in [1.807, 2.05) is 0 Å². The molecule has 2 N–H and O–H groups in total. The van der Waals surface area contributed by atoms with Crippen molar-refractivity contribution in [2.24, 2.45) is 0 Å². The maximum Gasteiger partial charge on any atom is 0.0192 e. The van der Waals surface area contributed by atoms with Crippen LogP contribution in [0.15, 0.2) is 0 Å². The van der Waals surface area contributed by atoms with Crippen molar-refractivity contribution in [3.8, 4) is 0 Å². The van der Waals surface area contributed by atoms with Crippen LogP contribution in [-0.2, 0) is 0 Å². The van der Waals surface area contributed by atoms with E-state index >= 15 is 0 Å². The normalized spacial score (nSPS) is 22.2. The zero-order chi connectivity index (χ0) is 10.9. The van der Waals surface area contributed by atoms with Crippen LogP contribution in [0, 0.1) is 0 Å². The molecule has 0 saturated carbocycles. The van der Waals surface area contributed by atoms with Gasteiger partial charge in [-0.15, -0.1) is 0 Å². The van der Waals surface area contributed by atoms with Crippen molar-refractivity contribution in [2.75, 3.05) is 40.3 Å². The van der Waals surface area contributed by atoms with E-state index in [0.29, 0.717) is 0 Å². The molecule has 1 saturated heterocycles. The number of hydrogen-bond acceptors (Lipinski definition) is 3. The lowest BCUT2D eigenvalue weighted by Gasteiger charge is -2.23. The van der Waals surface area contributed by atoms with Gasteiger partial charge in [0.25, 0.3) is 0 Å². The first-order valence-electron chi connectivity index (χ1n) is 6.38. The first-order valence-corrected chi connectivity index (χ1v) is 6.38. The highest BCUT2D eigenvalue weighted by atomic mass is 15.0. The summed E-state index contributed by atoms with van der Waals surface area (Å²) in [5.41, 5.74) is 0. The molecule has 0 spiro atoms. The van der Waals surface area contributed by atoms with Crippen LogP contribution in [-0.4, -0.2) is 51.2 Å². The van der Waals surface area contributed by atoms with Gasteiger partial charge in [-0.1, -0.05) is 6.42 Å². The molecule has 0 bridgehead atoms. The number of hydrogen-bond donors (Lipinski definition) is 2. The fourth-order valence-corrected chi connectivity index (χ4v) is 2.05. The Balaban J connectivity index is 1.83. The van der Waals surface area contributed by atoms with Gasteiger partial charge in [0.15, 0.2) is 0 Å². The highest BCUT2D eigenvalue weighted by Gasteiger charge is 2.10. The Morgan fingerprint density at radius 1 is 1.27 bits per heavy atom. The number of nitrogens with zero attached hydrogens (tertiary/aromatic N) is 1. The molecule has 0 aromatic rings. The molecule has 1 heterocycles. The molecule has 1 aliphatic rings. The average Bonchev–Trinajstić information content (AvgIpc) is 2.24. The van der Waals surface area contributed by atoms with Gasteiger partial charge in [-0.25, -0.2) is 0 Å². The molecule has 3 nitrogen and oxygen atoms in total. The quantitative estimate of drug-likeness (QED) is 0.619. The molecule has 0 aromatic carbocycles. The summed E-state index contributed by atoms with van der Waals surface area (Å²) in [7, 11) is 4.28. The predicted molar refractivity (Wildman–Crippen MR) is 66.3 cm³/mol. The Morgan fingerprint density at radius 3 is 2.80 bits per heavy atom. The first-order chi connectivity index (χ1) is 7.29. The van der Waals surface area contributed by atoms with E-state index in [4.69, 9.17) is 0 Å². The molecule has 1 rings (SSSR count). The molecular weight excluding hydrogens is 186 g/mol. The predicted octanol–water partition coefficient (Wildman–Crippen LogP) is 1.06. The van der Waals surface area contributed by atoms with Gasteiger partial charge in [0.05, 0.1) is 0 Å². The summed E-state index contributed by atoms with van der Waals surface area (Å²) in [6.45, 7) is 4.75. The number of piperidine rings is 1. The minimum atomic E-state index is 0.729. The molecule has 15 heavy (non-hydrogen) atoms. The fourth-order valence-electron chi connectivity index (χ4n) is 2.05. The monoisotopic (exact) mass is 213 g/mol. The minimum absolute atomic E-state index is 0.729. The molecule has 0 aliphatic carbocycles. The minimum Gasteiger partial charge on any atom is -0.315 e. The van der Waals surface area contributed by atoms with Crippen molar-refractivity contribution < 1.29 is 0 Å². The summed E-state index contributed by atoms with van der Waals surface area (Å²) < 4.78 is 0. The van der Waals surface area contributed by atoms with Crippen molar-refractivity contribution in [3.05, 3.63) is 0 Å². The van der Waals surface area contributed by atoms with Crippen LogP contribution in [0.25, 0.3) is 0 Å². The number of unbranched alkanes of at least 4 members (excludes halogenated alkanes) is 1. The van der Waals surface area contributed by atoms with Gasteiger partial charge in [-0.05, 0) is 59.4 Å². The number of rotatable bonds is 7. The van der Waals surface area contributed by atoms with Gasteiger partial charge < -0.3 is 15.5 Å². The summed E-state index contributed by atoms with van der Waals surface area (Å²) in [6, 6.07) is 0.729. The Kier molecular flexibility index (Phi) is 6.98. The Bertz CT molecular complexity index is 142. The van der Waals surface area contributed by atoms with Crippen LogP contribution in [0.1, 0.15) is 32.1 Å². The van der Waals surface area contributed by atoms with E-state index in [0.717, 1.165) is 12.6 Å². The highest BCUT2D eigenvalue weighted by molar-refractivity contribution is 4.73. The van der Waals surface area contributed by atoms with Crippen LogP contribution >= 0.6 is 0 Å². The van der Waals surface area contributed by atoms with Gasteiger partial charge in [0, 0.05) is 12.6 Å². The SMILES string of the molecule is CN(C)CCCCNCC1CCCCN1. The summed E-state index contributed by atoms with van der Waals surface area (Å²) in [5, 5.41) is 7.11. The van der Waals surface area contributed by atoms with Crippen molar-refractivity contribution >= 4 is 0 Å². The second-order valence-corrected chi connectivity index (χ2v) is 4.86. The van der Waals surface area contributed by atoms with E-state index in [2.05, 4.69) is 29.6 Å². The summed E-state index contributed by atoms with van der Waals surface area (Å²) in [6.07, 6.45) is 6.72. The number of nitrogens with one attached hydrogen (secondary N) is 2. The Labute approximate surface area is 94.6 Å². The van der Waals surface area contributed by atoms with Crippen LogP contribution in [0.5, 0.6) is 0 Å². The van der Waals surface area contributed by atoms with E-state index in [9.17, 15) is 0 Å². The third-order valence-electron chi connectivity index (χ3n) is 3.01. The zero-order valence-electron chi connectivity index (χ0n) is 10.4.